The van der Waals surface area contributed by atoms with E-state index in [1.807, 2.05) is 32.1 Å². The van der Waals surface area contributed by atoms with Crippen LogP contribution < -0.4 is 4.74 Å². The quantitative estimate of drug-likeness (QED) is 0.314. The first kappa shape index (κ1) is 28.0. The van der Waals surface area contributed by atoms with Gasteiger partial charge < -0.3 is 19.7 Å². The summed E-state index contributed by atoms with van der Waals surface area (Å²) in [6.45, 7) is 5.43. The molecule has 0 radical (unpaired) electrons. The van der Waals surface area contributed by atoms with Crippen LogP contribution >= 0.6 is 0 Å². The number of rotatable bonds is 12. The molecule has 0 aliphatic heterocycles. The van der Waals surface area contributed by atoms with E-state index in [0.29, 0.717) is 18.6 Å². The summed E-state index contributed by atoms with van der Waals surface area (Å²) in [5, 5.41) is 20.4. The fourth-order valence-corrected chi connectivity index (χ4v) is 3.70. The SMILES string of the molecule is CC.CC(=O)CCC/C=C\C[C@@H]1[C@@H](C=CC(F)(F)CCOc2ccccc2)[C@H](O)C[C@@H]1O. The number of halogens is 2. The molecule has 0 bridgehead atoms. The Kier molecular flexibility index (Phi) is 13.0. The van der Waals surface area contributed by atoms with Gasteiger partial charge in [0.1, 0.15) is 11.5 Å². The third-order valence-electron chi connectivity index (χ3n) is 5.40. The van der Waals surface area contributed by atoms with Gasteiger partial charge in [0, 0.05) is 25.2 Å². The number of unbranched alkanes of at least 4 members (excludes halogenated alkanes) is 1. The molecule has 0 unspecified atom stereocenters. The largest absolute Gasteiger partial charge is 0.493 e. The highest BCUT2D eigenvalue weighted by Gasteiger charge is 2.40. The van der Waals surface area contributed by atoms with Gasteiger partial charge in [-0.25, -0.2) is 8.78 Å². The van der Waals surface area contributed by atoms with Crippen LogP contribution in [0.4, 0.5) is 8.78 Å². The summed E-state index contributed by atoms with van der Waals surface area (Å²) >= 11 is 0. The topological polar surface area (TPSA) is 66.8 Å². The molecule has 2 rings (SSSR count). The average molecular weight is 453 g/mol. The Morgan fingerprint density at radius 3 is 2.50 bits per heavy atom. The fraction of sp³-hybridized carbons (Fsp3) is 0.577. The second-order valence-electron chi connectivity index (χ2n) is 7.94. The second kappa shape index (κ2) is 14.9. The monoisotopic (exact) mass is 452 g/mol. The van der Waals surface area contributed by atoms with Gasteiger partial charge in [0.25, 0.3) is 5.92 Å². The fourth-order valence-electron chi connectivity index (χ4n) is 3.70. The summed E-state index contributed by atoms with van der Waals surface area (Å²) in [6, 6.07) is 8.80. The van der Waals surface area contributed by atoms with Crippen molar-refractivity contribution in [2.75, 3.05) is 6.61 Å². The molecule has 1 aliphatic rings. The molecule has 1 aliphatic carbocycles. The minimum absolute atomic E-state index is 0.121. The zero-order valence-electron chi connectivity index (χ0n) is 19.4. The maximum absolute atomic E-state index is 14.2. The van der Waals surface area contributed by atoms with Crippen LogP contribution in [-0.2, 0) is 4.79 Å². The Hall–Kier alpha value is -2.05. The molecule has 1 aromatic carbocycles. The van der Waals surface area contributed by atoms with Gasteiger partial charge in [-0.2, -0.15) is 0 Å². The first-order chi connectivity index (χ1) is 15.3. The lowest BCUT2D eigenvalue weighted by Crippen LogP contribution is -2.22. The van der Waals surface area contributed by atoms with E-state index in [9.17, 15) is 23.8 Å². The number of carbonyl (C=O) groups is 1. The number of hydrogen-bond acceptors (Lipinski definition) is 4. The van der Waals surface area contributed by atoms with Crippen molar-refractivity contribution in [3.63, 3.8) is 0 Å². The maximum Gasteiger partial charge on any atom is 0.269 e. The minimum atomic E-state index is -3.06. The predicted octanol–water partition coefficient (Wildman–Crippen LogP) is 5.74. The Morgan fingerprint density at radius 2 is 1.84 bits per heavy atom. The van der Waals surface area contributed by atoms with Gasteiger partial charge in [0.2, 0.25) is 0 Å². The van der Waals surface area contributed by atoms with Gasteiger partial charge in [-0.05, 0) is 50.3 Å². The number of carbonyl (C=O) groups excluding carboxylic acids is 1. The number of para-hydroxylation sites is 1. The van der Waals surface area contributed by atoms with Crippen molar-refractivity contribution < 1.29 is 28.5 Å². The lowest BCUT2D eigenvalue weighted by molar-refractivity contribution is -0.117. The third-order valence-corrected chi connectivity index (χ3v) is 5.40. The van der Waals surface area contributed by atoms with E-state index in [4.69, 9.17) is 4.74 Å². The van der Waals surface area contributed by atoms with Crippen LogP contribution in [0, 0.1) is 11.8 Å². The van der Waals surface area contributed by atoms with Crippen LogP contribution in [0.1, 0.15) is 59.3 Å². The smallest absolute Gasteiger partial charge is 0.269 e. The number of benzene rings is 1. The first-order valence-corrected chi connectivity index (χ1v) is 11.5. The number of aliphatic hydroxyl groups excluding tert-OH is 2. The molecule has 2 N–H and O–H groups in total. The number of ether oxygens (including phenoxy) is 1. The molecule has 32 heavy (non-hydrogen) atoms. The summed E-state index contributed by atoms with van der Waals surface area (Å²) in [4.78, 5) is 10.9. The number of Topliss-reactive ketones (excluding diaryl/α,β-unsaturated/α-hetero) is 1. The highest BCUT2D eigenvalue weighted by Crippen LogP contribution is 2.37. The molecule has 4 nitrogen and oxygen atoms in total. The summed E-state index contributed by atoms with van der Waals surface area (Å²) in [6.07, 6.45) is 6.71. The summed E-state index contributed by atoms with van der Waals surface area (Å²) < 4.78 is 33.8. The van der Waals surface area contributed by atoms with Crippen molar-refractivity contribution in [3.8, 4) is 5.75 Å². The van der Waals surface area contributed by atoms with Gasteiger partial charge in [-0.3, -0.25) is 0 Å². The molecule has 0 aromatic heterocycles. The van der Waals surface area contributed by atoms with Crippen molar-refractivity contribution in [1.29, 1.82) is 0 Å². The van der Waals surface area contributed by atoms with Crippen LogP contribution in [0.25, 0.3) is 0 Å². The normalized spacial score (nSPS) is 23.3. The summed E-state index contributed by atoms with van der Waals surface area (Å²) in [5.41, 5.74) is 0. The summed E-state index contributed by atoms with van der Waals surface area (Å²) in [5.74, 6) is -3.20. The highest BCUT2D eigenvalue weighted by molar-refractivity contribution is 5.75. The average Bonchev–Trinajstić information content (AvgIpc) is 3.03. The third kappa shape index (κ3) is 10.5. The molecule has 0 saturated heterocycles. The maximum atomic E-state index is 14.2. The lowest BCUT2D eigenvalue weighted by Gasteiger charge is -2.20. The number of ketones is 1. The number of aliphatic hydroxyl groups is 2. The molecule has 180 valence electrons. The predicted molar refractivity (Wildman–Crippen MR) is 124 cm³/mol. The van der Waals surface area contributed by atoms with Crippen molar-refractivity contribution >= 4 is 5.78 Å². The van der Waals surface area contributed by atoms with Gasteiger partial charge >= 0.3 is 0 Å². The van der Waals surface area contributed by atoms with Crippen LogP contribution in [-0.4, -0.2) is 40.7 Å². The molecule has 4 atom stereocenters. The first-order valence-electron chi connectivity index (χ1n) is 11.5. The van der Waals surface area contributed by atoms with Gasteiger partial charge in [-0.15, -0.1) is 0 Å². The minimum Gasteiger partial charge on any atom is -0.493 e. The van der Waals surface area contributed by atoms with Crippen LogP contribution in [0.15, 0.2) is 54.6 Å². The van der Waals surface area contributed by atoms with E-state index in [2.05, 4.69) is 0 Å². The molecule has 1 fully saturated rings. The van der Waals surface area contributed by atoms with E-state index >= 15 is 0 Å². The lowest BCUT2D eigenvalue weighted by atomic mass is 9.89. The summed E-state index contributed by atoms with van der Waals surface area (Å²) in [7, 11) is 0. The van der Waals surface area contributed by atoms with Gasteiger partial charge in [0.15, 0.2) is 0 Å². The van der Waals surface area contributed by atoms with E-state index in [0.717, 1.165) is 18.9 Å². The highest BCUT2D eigenvalue weighted by atomic mass is 19.3. The van der Waals surface area contributed by atoms with Crippen molar-refractivity contribution in [3.05, 3.63) is 54.6 Å². The van der Waals surface area contributed by atoms with E-state index in [1.165, 1.54) is 6.08 Å². The number of alkyl halides is 2. The Balaban J connectivity index is 0.00000249. The molecule has 0 spiro atoms. The standard InChI is InChI=1S/C24H32F2O4.C2H6/c1-18(27)9-5-2-3-8-12-20-21(23(29)17-22(20)28)13-14-24(25,26)15-16-30-19-10-6-4-7-11-19;1-2/h3-4,6-8,10-11,13-14,20-23,28-29H,2,5,9,12,15-17H2,1H3;1-2H3/b8-3-,14-13?;/t20-,21-,22+,23-;/m1./s1. The van der Waals surface area contributed by atoms with E-state index in [1.54, 1.807) is 31.2 Å². The molecular formula is C26H38F2O4. The van der Waals surface area contributed by atoms with Crippen LogP contribution in [0.2, 0.25) is 0 Å². The zero-order valence-corrected chi connectivity index (χ0v) is 19.4. The van der Waals surface area contributed by atoms with E-state index < -0.39 is 30.5 Å². The molecule has 6 heteroatoms. The molecule has 1 saturated carbocycles. The molecular weight excluding hydrogens is 414 g/mol. The Labute approximate surface area is 191 Å². The van der Waals surface area contributed by atoms with Crippen LogP contribution in [0.3, 0.4) is 0 Å². The zero-order chi connectivity index (χ0) is 24.0. The van der Waals surface area contributed by atoms with Crippen LogP contribution in [0.5, 0.6) is 5.75 Å². The van der Waals surface area contributed by atoms with Crippen molar-refractivity contribution in [2.24, 2.45) is 11.8 Å². The molecule has 1 aromatic rings. The Morgan fingerprint density at radius 1 is 1.16 bits per heavy atom. The molecule has 0 amide bonds. The Bertz CT molecular complexity index is 703. The van der Waals surface area contributed by atoms with Gasteiger partial charge in [-0.1, -0.05) is 50.3 Å². The van der Waals surface area contributed by atoms with Gasteiger partial charge in [0.05, 0.1) is 18.8 Å². The second-order valence-corrected chi connectivity index (χ2v) is 7.94. The van der Waals surface area contributed by atoms with Crippen molar-refractivity contribution in [1.82, 2.24) is 0 Å². The molecule has 0 heterocycles. The van der Waals surface area contributed by atoms with E-state index in [-0.39, 0.29) is 24.7 Å². The van der Waals surface area contributed by atoms with Crippen molar-refractivity contribution in [2.45, 2.75) is 77.4 Å². The number of hydrogen-bond donors (Lipinski definition) is 2. The number of allylic oxidation sites excluding steroid dienone is 3.